The lowest BCUT2D eigenvalue weighted by atomic mass is 9.74. The molecule has 8 heteroatoms. The molecule has 0 unspecified atom stereocenters. The third-order valence-corrected chi connectivity index (χ3v) is 5.13. The summed E-state index contributed by atoms with van der Waals surface area (Å²) >= 11 is 6.19. The van der Waals surface area contributed by atoms with Gasteiger partial charge in [-0.2, -0.15) is 21.6 Å². The van der Waals surface area contributed by atoms with Gasteiger partial charge in [-0.05, 0) is 26.3 Å². The van der Waals surface area contributed by atoms with Gasteiger partial charge in [-0.1, -0.05) is 18.2 Å². The average Bonchev–Trinajstić information content (AvgIpc) is 2.32. The van der Waals surface area contributed by atoms with Crippen molar-refractivity contribution in [3.8, 4) is 0 Å². The van der Waals surface area contributed by atoms with Crippen molar-refractivity contribution in [1.29, 1.82) is 0 Å². The number of rotatable bonds is 4. The van der Waals surface area contributed by atoms with Gasteiger partial charge in [0.05, 0.1) is 10.8 Å². The van der Waals surface area contributed by atoms with Gasteiger partial charge in [-0.25, -0.2) is 0 Å². The molecule has 0 aliphatic heterocycles. The zero-order chi connectivity index (χ0) is 16.6. The van der Waals surface area contributed by atoms with E-state index < -0.39 is 26.4 Å². The molecular formula is C13H16ClF3O3S. The lowest BCUT2D eigenvalue weighted by Gasteiger charge is -2.38. The van der Waals surface area contributed by atoms with E-state index in [4.69, 9.17) is 11.6 Å². The van der Waals surface area contributed by atoms with Crippen molar-refractivity contribution >= 4 is 21.7 Å². The summed E-state index contributed by atoms with van der Waals surface area (Å²) in [6.45, 7) is 10.4. The normalized spacial score (nSPS) is 30.5. The molecule has 0 aromatic heterocycles. The molecule has 120 valence electrons. The summed E-state index contributed by atoms with van der Waals surface area (Å²) in [4.78, 5) is 0. The third-order valence-electron chi connectivity index (χ3n) is 3.54. The molecule has 0 aromatic carbocycles. The van der Waals surface area contributed by atoms with Crippen LogP contribution in [0.15, 0.2) is 36.6 Å². The molecule has 0 amide bonds. The summed E-state index contributed by atoms with van der Waals surface area (Å²) in [6, 6.07) is 0. The van der Waals surface area contributed by atoms with Crippen LogP contribution in [0, 0.1) is 11.3 Å². The molecule has 0 saturated heterocycles. The first-order chi connectivity index (χ1) is 9.35. The van der Waals surface area contributed by atoms with Crippen molar-refractivity contribution in [1.82, 2.24) is 0 Å². The Balaban J connectivity index is 3.32. The van der Waals surface area contributed by atoms with E-state index in [1.54, 1.807) is 6.92 Å². The maximum absolute atomic E-state index is 12.5. The second kappa shape index (κ2) is 5.68. The largest absolute Gasteiger partial charge is 0.534 e. The Labute approximate surface area is 127 Å². The van der Waals surface area contributed by atoms with E-state index >= 15 is 0 Å². The summed E-state index contributed by atoms with van der Waals surface area (Å²) < 4.78 is 64.2. The first kappa shape index (κ1) is 18.1. The maximum atomic E-state index is 12.5. The number of hydrogen-bond donors (Lipinski definition) is 0. The fourth-order valence-electron chi connectivity index (χ4n) is 1.91. The van der Waals surface area contributed by atoms with Gasteiger partial charge in [0.2, 0.25) is 0 Å². The average molecular weight is 345 g/mol. The highest BCUT2D eigenvalue weighted by Gasteiger charge is 2.52. The van der Waals surface area contributed by atoms with Crippen LogP contribution in [-0.4, -0.2) is 19.3 Å². The van der Waals surface area contributed by atoms with Crippen molar-refractivity contribution in [2.45, 2.75) is 31.2 Å². The van der Waals surface area contributed by atoms with E-state index in [-0.39, 0.29) is 11.7 Å². The van der Waals surface area contributed by atoms with E-state index in [9.17, 15) is 21.6 Å². The van der Waals surface area contributed by atoms with Gasteiger partial charge in [-0.3, -0.25) is 0 Å². The first-order valence-corrected chi connectivity index (χ1v) is 7.85. The van der Waals surface area contributed by atoms with Crippen LogP contribution in [0.5, 0.6) is 0 Å². The molecule has 21 heavy (non-hydrogen) atoms. The van der Waals surface area contributed by atoms with Gasteiger partial charge in [0.15, 0.2) is 0 Å². The standard InChI is InChI=1S/C13H16ClF3O3S/c1-5-12(4)10(14)6-9(8(2)3)7-11(12)20-21(18,19)13(15,16)17/h5,7,9-10H,1-2,6H2,3-4H3/t9-,10+,12-/m0/s1. The third kappa shape index (κ3) is 3.45. The van der Waals surface area contributed by atoms with E-state index in [1.165, 1.54) is 19.1 Å². The Kier molecular flexibility index (Phi) is 4.90. The van der Waals surface area contributed by atoms with E-state index in [1.807, 2.05) is 0 Å². The first-order valence-electron chi connectivity index (χ1n) is 6.01. The topological polar surface area (TPSA) is 43.4 Å². The SMILES string of the molecule is C=C[C@]1(C)C(OS(=O)(=O)C(F)(F)F)=C[C@@H](C(=C)C)C[C@H]1Cl. The molecule has 0 fully saturated rings. The van der Waals surface area contributed by atoms with Crippen LogP contribution in [-0.2, 0) is 14.3 Å². The summed E-state index contributed by atoms with van der Waals surface area (Å²) in [5.41, 5.74) is -6.07. The highest BCUT2D eigenvalue weighted by molar-refractivity contribution is 7.87. The minimum atomic E-state index is -5.76. The molecule has 1 rings (SSSR count). The molecule has 0 radical (unpaired) electrons. The van der Waals surface area contributed by atoms with Crippen LogP contribution in [0.25, 0.3) is 0 Å². The summed E-state index contributed by atoms with van der Waals surface area (Å²) in [7, 11) is -5.76. The summed E-state index contributed by atoms with van der Waals surface area (Å²) in [5, 5.41) is -0.667. The monoisotopic (exact) mass is 344 g/mol. The summed E-state index contributed by atoms with van der Waals surface area (Å²) in [6.07, 6.45) is 3.00. The van der Waals surface area contributed by atoms with Gasteiger partial charge in [0.1, 0.15) is 5.76 Å². The Morgan fingerprint density at radius 2 is 2.10 bits per heavy atom. The molecular weight excluding hydrogens is 329 g/mol. The number of hydrogen-bond acceptors (Lipinski definition) is 3. The van der Waals surface area contributed by atoms with E-state index in [0.29, 0.717) is 12.0 Å². The Morgan fingerprint density at radius 3 is 2.48 bits per heavy atom. The molecule has 1 aliphatic carbocycles. The highest BCUT2D eigenvalue weighted by atomic mass is 35.5. The van der Waals surface area contributed by atoms with Crippen LogP contribution in [0.1, 0.15) is 20.3 Å². The van der Waals surface area contributed by atoms with Crippen LogP contribution in [0.3, 0.4) is 0 Å². The van der Waals surface area contributed by atoms with Gasteiger partial charge in [0, 0.05) is 5.92 Å². The van der Waals surface area contributed by atoms with Crippen LogP contribution in [0.2, 0.25) is 0 Å². The van der Waals surface area contributed by atoms with Crippen molar-refractivity contribution in [2.75, 3.05) is 0 Å². The molecule has 3 atom stereocenters. The number of halogens is 4. The summed E-state index contributed by atoms with van der Waals surface area (Å²) in [5.74, 6) is -0.743. The van der Waals surface area contributed by atoms with E-state index in [2.05, 4.69) is 17.3 Å². The maximum Gasteiger partial charge on any atom is 0.534 e. The minimum absolute atomic E-state index is 0.362. The number of alkyl halides is 4. The molecule has 0 bridgehead atoms. The second-order valence-electron chi connectivity index (χ2n) is 5.16. The Hall–Kier alpha value is -0.950. The minimum Gasteiger partial charge on any atom is -0.380 e. The van der Waals surface area contributed by atoms with Crippen LogP contribution >= 0.6 is 11.6 Å². The molecule has 0 N–H and O–H groups in total. The van der Waals surface area contributed by atoms with Gasteiger partial charge in [-0.15, -0.1) is 18.2 Å². The van der Waals surface area contributed by atoms with Crippen molar-refractivity contribution < 1.29 is 25.8 Å². The Morgan fingerprint density at radius 1 is 1.57 bits per heavy atom. The van der Waals surface area contributed by atoms with Gasteiger partial charge >= 0.3 is 15.6 Å². The smallest absolute Gasteiger partial charge is 0.380 e. The van der Waals surface area contributed by atoms with Crippen LogP contribution < -0.4 is 0 Å². The van der Waals surface area contributed by atoms with Crippen molar-refractivity contribution in [2.24, 2.45) is 11.3 Å². The number of allylic oxidation sites excluding steroid dienone is 3. The molecule has 0 spiro atoms. The predicted molar refractivity (Wildman–Crippen MR) is 75.0 cm³/mol. The fourth-order valence-corrected chi connectivity index (χ4v) is 2.86. The molecule has 0 heterocycles. The lowest BCUT2D eigenvalue weighted by Crippen LogP contribution is -2.38. The molecule has 3 nitrogen and oxygen atoms in total. The van der Waals surface area contributed by atoms with Crippen LogP contribution in [0.4, 0.5) is 13.2 Å². The lowest BCUT2D eigenvalue weighted by molar-refractivity contribution is -0.0531. The van der Waals surface area contributed by atoms with Crippen molar-refractivity contribution in [3.63, 3.8) is 0 Å². The molecule has 0 saturated carbocycles. The second-order valence-corrected chi connectivity index (χ2v) is 7.22. The molecule has 0 aromatic rings. The Bertz CT molecular complexity index is 580. The van der Waals surface area contributed by atoms with E-state index in [0.717, 1.165) is 0 Å². The highest BCUT2D eigenvalue weighted by Crippen LogP contribution is 2.46. The predicted octanol–water partition coefficient (Wildman–Crippen LogP) is 4.13. The van der Waals surface area contributed by atoms with Gasteiger partial charge < -0.3 is 4.18 Å². The fraction of sp³-hybridized carbons (Fsp3) is 0.538. The zero-order valence-electron chi connectivity index (χ0n) is 11.6. The quantitative estimate of drug-likeness (QED) is 0.333. The zero-order valence-corrected chi connectivity index (χ0v) is 13.1. The molecule has 1 aliphatic rings. The van der Waals surface area contributed by atoms with Crippen molar-refractivity contribution in [3.05, 3.63) is 36.6 Å². The van der Waals surface area contributed by atoms with Gasteiger partial charge in [0.25, 0.3) is 0 Å².